The number of rotatable bonds is 4. The van der Waals surface area contributed by atoms with Crippen LogP contribution in [0.1, 0.15) is 12.0 Å². The Morgan fingerprint density at radius 1 is 1.44 bits per heavy atom. The molecule has 0 spiro atoms. The lowest BCUT2D eigenvalue weighted by Gasteiger charge is -2.07. The predicted octanol–water partition coefficient (Wildman–Crippen LogP) is 1.25. The van der Waals surface area contributed by atoms with Crippen LogP contribution in [-0.2, 0) is 21.1 Å². The maximum absolute atomic E-state index is 13.4. The standard InChI is InChI=1S/C10H11FO4S/c1-16(14,15)9-4-2-3-8(11)7(9)5-6-10(12)13/h2-4H,5-6H2,1H3,(H,12,13). The lowest BCUT2D eigenvalue weighted by Crippen LogP contribution is -2.07. The second-order valence-corrected chi connectivity index (χ2v) is 5.37. The summed E-state index contributed by atoms with van der Waals surface area (Å²) >= 11 is 0. The van der Waals surface area contributed by atoms with E-state index < -0.39 is 21.6 Å². The Bertz CT molecular complexity index is 508. The molecule has 0 aliphatic carbocycles. The lowest BCUT2D eigenvalue weighted by molar-refractivity contribution is -0.136. The van der Waals surface area contributed by atoms with Crippen molar-refractivity contribution in [3.8, 4) is 0 Å². The molecule has 16 heavy (non-hydrogen) atoms. The van der Waals surface area contributed by atoms with Gasteiger partial charge in [0.1, 0.15) is 5.82 Å². The Balaban J connectivity index is 3.19. The summed E-state index contributed by atoms with van der Waals surface area (Å²) in [6, 6.07) is 3.68. The molecule has 0 aliphatic heterocycles. The van der Waals surface area contributed by atoms with Crippen LogP contribution in [0, 0.1) is 5.82 Å². The Hall–Kier alpha value is -1.43. The minimum Gasteiger partial charge on any atom is -0.481 e. The molecule has 0 radical (unpaired) electrons. The van der Waals surface area contributed by atoms with Crippen LogP contribution in [0.4, 0.5) is 4.39 Å². The fourth-order valence-corrected chi connectivity index (χ4v) is 2.33. The SMILES string of the molecule is CS(=O)(=O)c1cccc(F)c1CCC(=O)O. The first kappa shape index (κ1) is 12.6. The van der Waals surface area contributed by atoms with Gasteiger partial charge in [-0.05, 0) is 18.6 Å². The number of hydrogen-bond acceptors (Lipinski definition) is 3. The number of carbonyl (C=O) groups is 1. The van der Waals surface area contributed by atoms with Gasteiger partial charge in [-0.2, -0.15) is 0 Å². The van der Waals surface area contributed by atoms with E-state index in [9.17, 15) is 17.6 Å². The van der Waals surface area contributed by atoms with Gasteiger partial charge in [-0.1, -0.05) is 6.07 Å². The minimum atomic E-state index is -3.54. The first-order valence-corrected chi connectivity index (χ1v) is 6.40. The van der Waals surface area contributed by atoms with Gasteiger partial charge in [-0.25, -0.2) is 12.8 Å². The normalized spacial score (nSPS) is 11.4. The average Bonchev–Trinajstić information content (AvgIpc) is 2.13. The molecule has 0 aliphatic rings. The highest BCUT2D eigenvalue weighted by atomic mass is 32.2. The highest BCUT2D eigenvalue weighted by Gasteiger charge is 2.17. The molecule has 0 fully saturated rings. The van der Waals surface area contributed by atoms with Crippen molar-refractivity contribution in [1.29, 1.82) is 0 Å². The number of sulfone groups is 1. The fraction of sp³-hybridized carbons (Fsp3) is 0.300. The maximum Gasteiger partial charge on any atom is 0.303 e. The molecular weight excluding hydrogens is 235 g/mol. The quantitative estimate of drug-likeness (QED) is 0.867. The molecule has 1 rings (SSSR count). The van der Waals surface area contributed by atoms with Crippen molar-refractivity contribution in [2.75, 3.05) is 6.26 Å². The van der Waals surface area contributed by atoms with E-state index in [1.807, 2.05) is 0 Å². The van der Waals surface area contributed by atoms with E-state index in [1.54, 1.807) is 0 Å². The van der Waals surface area contributed by atoms with Gasteiger partial charge in [0.2, 0.25) is 0 Å². The third kappa shape index (κ3) is 3.03. The van der Waals surface area contributed by atoms with E-state index in [1.165, 1.54) is 12.1 Å². The Morgan fingerprint density at radius 2 is 2.06 bits per heavy atom. The van der Waals surface area contributed by atoms with Crippen LogP contribution in [0.25, 0.3) is 0 Å². The number of aliphatic carboxylic acids is 1. The first-order chi connectivity index (χ1) is 7.32. The van der Waals surface area contributed by atoms with Crippen molar-refractivity contribution in [2.45, 2.75) is 17.7 Å². The molecule has 1 N–H and O–H groups in total. The van der Waals surface area contributed by atoms with Gasteiger partial charge in [0.05, 0.1) is 4.90 Å². The van der Waals surface area contributed by atoms with Crippen molar-refractivity contribution in [3.05, 3.63) is 29.6 Å². The molecule has 0 aromatic heterocycles. The second kappa shape index (κ2) is 4.61. The van der Waals surface area contributed by atoms with Gasteiger partial charge < -0.3 is 5.11 Å². The van der Waals surface area contributed by atoms with E-state index in [4.69, 9.17) is 5.11 Å². The number of carboxylic acid groups (broad SMARTS) is 1. The second-order valence-electron chi connectivity index (χ2n) is 3.38. The third-order valence-electron chi connectivity index (χ3n) is 2.06. The van der Waals surface area contributed by atoms with Gasteiger partial charge in [-0.3, -0.25) is 4.79 Å². The molecule has 0 heterocycles. The summed E-state index contributed by atoms with van der Waals surface area (Å²) < 4.78 is 36.0. The summed E-state index contributed by atoms with van der Waals surface area (Å²) in [4.78, 5) is 10.2. The van der Waals surface area contributed by atoms with Gasteiger partial charge in [0.15, 0.2) is 9.84 Å². The summed E-state index contributed by atoms with van der Waals surface area (Å²) in [5.74, 6) is -1.79. The van der Waals surface area contributed by atoms with Crippen molar-refractivity contribution in [3.63, 3.8) is 0 Å². The maximum atomic E-state index is 13.4. The van der Waals surface area contributed by atoms with Crippen LogP contribution in [0.2, 0.25) is 0 Å². The van der Waals surface area contributed by atoms with Crippen LogP contribution >= 0.6 is 0 Å². The zero-order valence-electron chi connectivity index (χ0n) is 8.60. The van der Waals surface area contributed by atoms with Crippen molar-refractivity contribution in [1.82, 2.24) is 0 Å². The molecule has 1 aromatic rings. The third-order valence-corrected chi connectivity index (χ3v) is 3.25. The molecule has 6 heteroatoms. The Kier molecular flexibility index (Phi) is 3.64. The molecule has 0 atom stereocenters. The van der Waals surface area contributed by atoms with Gasteiger partial charge in [0, 0.05) is 18.2 Å². The van der Waals surface area contributed by atoms with Crippen molar-refractivity contribution >= 4 is 15.8 Å². The Morgan fingerprint density at radius 3 is 2.56 bits per heavy atom. The van der Waals surface area contributed by atoms with Crippen LogP contribution in [0.15, 0.2) is 23.1 Å². The van der Waals surface area contributed by atoms with E-state index in [-0.39, 0.29) is 23.3 Å². The zero-order valence-corrected chi connectivity index (χ0v) is 9.42. The van der Waals surface area contributed by atoms with Gasteiger partial charge in [-0.15, -0.1) is 0 Å². The van der Waals surface area contributed by atoms with E-state index in [2.05, 4.69) is 0 Å². The molecule has 0 amide bonds. The van der Waals surface area contributed by atoms with E-state index >= 15 is 0 Å². The molecular formula is C10H11FO4S. The van der Waals surface area contributed by atoms with Gasteiger partial charge in [0.25, 0.3) is 0 Å². The minimum absolute atomic E-state index is 0.0626. The fourth-order valence-electron chi connectivity index (χ4n) is 1.36. The monoisotopic (exact) mass is 246 g/mol. The topological polar surface area (TPSA) is 71.4 Å². The predicted molar refractivity (Wildman–Crippen MR) is 55.5 cm³/mol. The summed E-state index contributed by atoms with van der Waals surface area (Å²) in [7, 11) is -3.54. The largest absolute Gasteiger partial charge is 0.481 e. The van der Waals surface area contributed by atoms with Crippen molar-refractivity contribution in [2.24, 2.45) is 0 Å². The molecule has 88 valence electrons. The molecule has 4 nitrogen and oxygen atoms in total. The van der Waals surface area contributed by atoms with Crippen LogP contribution in [-0.4, -0.2) is 25.7 Å². The summed E-state index contributed by atoms with van der Waals surface area (Å²) in [5.41, 5.74) is -0.0626. The van der Waals surface area contributed by atoms with Gasteiger partial charge >= 0.3 is 5.97 Å². The number of carboxylic acids is 1. The molecule has 1 aromatic carbocycles. The molecule has 0 unspecified atom stereocenters. The lowest BCUT2D eigenvalue weighted by atomic mass is 10.1. The summed E-state index contributed by atoms with van der Waals surface area (Å²) in [5, 5.41) is 8.49. The highest BCUT2D eigenvalue weighted by Crippen LogP contribution is 2.20. The van der Waals surface area contributed by atoms with E-state index in [0.29, 0.717) is 0 Å². The number of hydrogen-bond donors (Lipinski definition) is 1. The first-order valence-electron chi connectivity index (χ1n) is 4.51. The Labute approximate surface area is 92.6 Å². The summed E-state index contributed by atoms with van der Waals surface area (Å²) in [6.45, 7) is 0. The van der Waals surface area contributed by atoms with Crippen molar-refractivity contribution < 1.29 is 22.7 Å². The summed E-state index contributed by atoms with van der Waals surface area (Å²) in [6.07, 6.45) is 0.528. The number of halogens is 1. The van der Waals surface area contributed by atoms with Crippen LogP contribution in [0.3, 0.4) is 0 Å². The zero-order chi connectivity index (χ0) is 12.3. The highest BCUT2D eigenvalue weighted by molar-refractivity contribution is 7.90. The van der Waals surface area contributed by atoms with Crippen LogP contribution in [0.5, 0.6) is 0 Å². The average molecular weight is 246 g/mol. The smallest absolute Gasteiger partial charge is 0.303 e. The van der Waals surface area contributed by atoms with E-state index in [0.717, 1.165) is 12.3 Å². The number of benzene rings is 1. The van der Waals surface area contributed by atoms with Crippen LogP contribution < -0.4 is 0 Å². The molecule has 0 saturated heterocycles. The molecule has 0 bridgehead atoms. The molecule has 0 saturated carbocycles.